The summed E-state index contributed by atoms with van der Waals surface area (Å²) < 4.78 is 20.5. The van der Waals surface area contributed by atoms with Crippen LogP contribution >= 0.6 is 23.1 Å². The van der Waals surface area contributed by atoms with Gasteiger partial charge in [-0.25, -0.2) is 9.07 Å². The Hall–Kier alpha value is -2.72. The molecule has 0 radical (unpaired) electrons. The Morgan fingerprint density at radius 1 is 1.19 bits per heavy atom. The number of aryl methyl sites for hydroxylation is 1. The average molecular weight is 402 g/mol. The van der Waals surface area contributed by atoms with Crippen molar-refractivity contribution >= 4 is 23.1 Å². The number of aromatic nitrogens is 5. The van der Waals surface area contributed by atoms with Gasteiger partial charge in [0, 0.05) is 12.2 Å². The lowest BCUT2D eigenvalue weighted by atomic mass is 10.2. The number of hydrogen-bond donors (Lipinski definition) is 1. The van der Waals surface area contributed by atoms with E-state index in [1.54, 1.807) is 29.5 Å². The lowest BCUT2D eigenvalue weighted by Crippen LogP contribution is -2.12. The van der Waals surface area contributed by atoms with Crippen LogP contribution in [0.3, 0.4) is 0 Å². The molecule has 0 spiro atoms. The Labute approximate surface area is 162 Å². The van der Waals surface area contributed by atoms with Crippen molar-refractivity contribution in [1.29, 1.82) is 0 Å². The Morgan fingerprint density at radius 2 is 2.07 bits per heavy atom. The second kappa shape index (κ2) is 7.89. The lowest BCUT2D eigenvalue weighted by Gasteiger charge is -2.04. The molecule has 4 rings (SSSR count). The molecule has 27 heavy (non-hydrogen) atoms. The van der Waals surface area contributed by atoms with Gasteiger partial charge in [0.2, 0.25) is 16.9 Å². The van der Waals surface area contributed by atoms with Gasteiger partial charge in [-0.1, -0.05) is 35.1 Å². The van der Waals surface area contributed by atoms with Gasteiger partial charge in [-0.2, -0.15) is 4.98 Å². The van der Waals surface area contributed by atoms with Crippen LogP contribution in [0.1, 0.15) is 12.3 Å². The van der Waals surface area contributed by atoms with Crippen LogP contribution < -0.4 is 5.84 Å². The molecule has 10 heteroatoms. The van der Waals surface area contributed by atoms with Crippen LogP contribution in [-0.4, -0.2) is 30.8 Å². The van der Waals surface area contributed by atoms with E-state index < -0.39 is 0 Å². The van der Waals surface area contributed by atoms with E-state index in [1.165, 1.54) is 22.5 Å². The molecule has 4 aromatic rings. The molecule has 1 aromatic carbocycles. The monoisotopic (exact) mass is 402 g/mol. The van der Waals surface area contributed by atoms with E-state index in [1.807, 2.05) is 17.5 Å². The summed E-state index contributed by atoms with van der Waals surface area (Å²) in [5, 5.41) is 14.5. The van der Waals surface area contributed by atoms with Crippen LogP contribution in [0.5, 0.6) is 0 Å². The van der Waals surface area contributed by atoms with Crippen LogP contribution in [0, 0.1) is 5.82 Å². The van der Waals surface area contributed by atoms with Crippen LogP contribution in [0.2, 0.25) is 0 Å². The number of thiophene rings is 1. The van der Waals surface area contributed by atoms with E-state index in [4.69, 9.17) is 10.4 Å². The van der Waals surface area contributed by atoms with Gasteiger partial charge >= 0.3 is 0 Å². The molecule has 138 valence electrons. The fourth-order valence-electron chi connectivity index (χ4n) is 2.45. The van der Waals surface area contributed by atoms with Gasteiger partial charge in [0.1, 0.15) is 5.82 Å². The number of halogens is 1. The third kappa shape index (κ3) is 3.86. The van der Waals surface area contributed by atoms with Crippen molar-refractivity contribution in [3.8, 4) is 22.1 Å². The third-order valence-electron chi connectivity index (χ3n) is 3.76. The molecule has 2 N–H and O–H groups in total. The van der Waals surface area contributed by atoms with Gasteiger partial charge in [-0.15, -0.1) is 21.5 Å². The molecule has 3 aromatic heterocycles. The fraction of sp³-hybridized carbons (Fsp3) is 0.176. The highest BCUT2D eigenvalue weighted by Gasteiger charge is 2.15. The second-order valence-corrected chi connectivity index (χ2v) is 7.61. The van der Waals surface area contributed by atoms with E-state index >= 15 is 0 Å². The molecule has 0 unspecified atom stereocenters. The predicted molar refractivity (Wildman–Crippen MR) is 102 cm³/mol. The van der Waals surface area contributed by atoms with Gasteiger partial charge < -0.3 is 10.4 Å². The number of nitrogens with two attached hydrogens (primary N) is 1. The SMILES string of the molecule is Nn1c(SCCCc2nc(-c3cccs3)no2)nnc1-c1ccccc1F. The molecule has 3 heterocycles. The molecular formula is C17H15FN6OS2. The first-order valence-corrected chi connectivity index (χ1v) is 10.0. The van der Waals surface area contributed by atoms with Crippen LogP contribution in [0.15, 0.2) is 51.5 Å². The van der Waals surface area contributed by atoms with Crippen LogP contribution in [0.25, 0.3) is 22.1 Å². The topological polar surface area (TPSA) is 95.7 Å². The van der Waals surface area contributed by atoms with Crippen LogP contribution in [-0.2, 0) is 6.42 Å². The quantitative estimate of drug-likeness (QED) is 0.286. The molecule has 0 atom stereocenters. The molecule has 0 fully saturated rings. The Bertz CT molecular complexity index is 1030. The summed E-state index contributed by atoms with van der Waals surface area (Å²) in [6, 6.07) is 10.2. The molecule has 0 saturated carbocycles. The number of nitrogens with zero attached hydrogens (tertiary/aromatic N) is 5. The average Bonchev–Trinajstić information content (AvgIpc) is 3.41. The van der Waals surface area contributed by atoms with Crippen molar-refractivity contribution in [3.05, 3.63) is 53.5 Å². The first-order chi connectivity index (χ1) is 13.2. The van der Waals surface area contributed by atoms with Crippen molar-refractivity contribution in [2.45, 2.75) is 18.0 Å². The maximum atomic E-state index is 13.9. The highest BCUT2D eigenvalue weighted by atomic mass is 32.2. The van der Waals surface area contributed by atoms with Crippen molar-refractivity contribution in [1.82, 2.24) is 25.0 Å². The van der Waals surface area contributed by atoms with E-state index in [0.29, 0.717) is 34.7 Å². The Balaban J connectivity index is 1.33. The molecule has 0 bridgehead atoms. The number of hydrogen-bond acceptors (Lipinski definition) is 8. The van der Waals surface area contributed by atoms with E-state index in [9.17, 15) is 4.39 Å². The summed E-state index contributed by atoms with van der Waals surface area (Å²) in [5.41, 5.74) is 0.325. The highest BCUT2D eigenvalue weighted by Crippen LogP contribution is 2.25. The number of benzene rings is 1. The smallest absolute Gasteiger partial charge is 0.227 e. The van der Waals surface area contributed by atoms with Gasteiger partial charge in [0.25, 0.3) is 0 Å². The van der Waals surface area contributed by atoms with Crippen molar-refractivity contribution < 1.29 is 8.91 Å². The largest absolute Gasteiger partial charge is 0.339 e. The summed E-state index contributed by atoms with van der Waals surface area (Å²) in [6.07, 6.45) is 1.46. The van der Waals surface area contributed by atoms with Gasteiger partial charge in [-0.3, -0.25) is 0 Å². The maximum absolute atomic E-state index is 13.9. The van der Waals surface area contributed by atoms with Gasteiger partial charge in [0.05, 0.1) is 10.4 Å². The Kier molecular flexibility index (Phi) is 5.16. The van der Waals surface area contributed by atoms with Gasteiger partial charge in [0.15, 0.2) is 5.82 Å². The Morgan fingerprint density at radius 3 is 2.89 bits per heavy atom. The number of thioether (sulfide) groups is 1. The predicted octanol–water partition coefficient (Wildman–Crippen LogP) is 3.63. The first kappa shape index (κ1) is 17.7. The minimum atomic E-state index is -0.383. The molecule has 0 saturated heterocycles. The van der Waals surface area contributed by atoms with Crippen molar-refractivity contribution in [3.63, 3.8) is 0 Å². The zero-order valence-corrected chi connectivity index (χ0v) is 15.7. The zero-order chi connectivity index (χ0) is 18.6. The normalized spacial score (nSPS) is 11.1. The standard InChI is InChI=1S/C17H15FN6OS2/c18-12-6-2-1-5-11(12)16-21-22-17(24(16)19)27-10-4-8-14-20-15(23-25-14)13-7-3-9-26-13/h1-3,5-7,9H,4,8,10,19H2. The summed E-state index contributed by atoms with van der Waals surface area (Å²) in [4.78, 5) is 5.37. The summed E-state index contributed by atoms with van der Waals surface area (Å²) in [7, 11) is 0. The van der Waals surface area contributed by atoms with Gasteiger partial charge in [-0.05, 0) is 30.0 Å². The van der Waals surface area contributed by atoms with E-state index in [-0.39, 0.29) is 5.82 Å². The number of rotatable bonds is 7. The maximum Gasteiger partial charge on any atom is 0.227 e. The minimum Gasteiger partial charge on any atom is -0.339 e. The second-order valence-electron chi connectivity index (χ2n) is 5.60. The summed E-state index contributed by atoms with van der Waals surface area (Å²) in [5.74, 6) is 7.89. The van der Waals surface area contributed by atoms with Crippen molar-refractivity contribution in [2.75, 3.05) is 11.6 Å². The summed E-state index contributed by atoms with van der Waals surface area (Å²) >= 11 is 3.02. The highest BCUT2D eigenvalue weighted by molar-refractivity contribution is 7.99. The van der Waals surface area contributed by atoms with E-state index in [2.05, 4.69) is 20.3 Å². The minimum absolute atomic E-state index is 0.299. The van der Waals surface area contributed by atoms with Crippen molar-refractivity contribution in [2.24, 2.45) is 0 Å². The summed E-state index contributed by atoms with van der Waals surface area (Å²) in [6.45, 7) is 0. The molecular weight excluding hydrogens is 387 g/mol. The molecule has 0 aliphatic heterocycles. The molecule has 7 nitrogen and oxygen atoms in total. The molecule has 0 amide bonds. The number of nitrogen functional groups attached to an aromatic ring is 1. The lowest BCUT2D eigenvalue weighted by molar-refractivity contribution is 0.378. The molecule has 0 aliphatic rings. The third-order valence-corrected chi connectivity index (χ3v) is 5.65. The zero-order valence-electron chi connectivity index (χ0n) is 14.1. The van der Waals surface area contributed by atoms with E-state index in [0.717, 1.165) is 17.1 Å². The molecule has 0 aliphatic carbocycles. The van der Waals surface area contributed by atoms with Crippen LogP contribution in [0.4, 0.5) is 4.39 Å². The fourth-order valence-corrected chi connectivity index (χ4v) is 3.90. The first-order valence-electron chi connectivity index (χ1n) is 8.17.